The molecule has 320 valence electrons. The monoisotopic (exact) mass is 848 g/mol. The Morgan fingerprint density at radius 1 is 0.672 bits per heavy atom. The average molecular weight is 849 g/mol. The molecule has 4 heterocycles. The SMILES string of the molecule is CC(=O)N1CCC(O)(Cn2nnc(-c3ccccc3Cc3ccc(C(F)(F)F)cc3)n2)C1.OC1(Cn2nnc(-c3ccccc3Cc3ccc(C(F)(F)F)cc3)n2)CCNC1. The number of aromatic nitrogens is 8. The van der Waals surface area contributed by atoms with E-state index in [1.807, 2.05) is 48.5 Å². The first kappa shape index (κ1) is 43.1. The number of hydrogen-bond acceptors (Lipinski definition) is 10. The van der Waals surface area contributed by atoms with Gasteiger partial charge in [-0.15, -0.1) is 20.4 Å². The molecule has 0 bridgehead atoms. The lowest BCUT2D eigenvalue weighted by atomic mass is 9.98. The highest BCUT2D eigenvalue weighted by Gasteiger charge is 2.39. The molecule has 0 spiro atoms. The lowest BCUT2D eigenvalue weighted by Crippen LogP contribution is -2.39. The molecule has 2 fully saturated rings. The van der Waals surface area contributed by atoms with Gasteiger partial charge in [0.25, 0.3) is 0 Å². The van der Waals surface area contributed by atoms with E-state index < -0.39 is 34.7 Å². The maximum Gasteiger partial charge on any atom is 0.416 e. The Bertz CT molecular complexity index is 2430. The summed E-state index contributed by atoms with van der Waals surface area (Å²) in [5, 5.41) is 49.5. The number of hydrogen-bond donors (Lipinski definition) is 3. The van der Waals surface area contributed by atoms with Crippen molar-refractivity contribution in [2.24, 2.45) is 0 Å². The van der Waals surface area contributed by atoms with Crippen molar-refractivity contribution in [2.75, 3.05) is 26.2 Å². The minimum atomic E-state index is -4.37. The Kier molecular flexibility index (Phi) is 12.4. The molecule has 61 heavy (non-hydrogen) atoms. The molecule has 1 amide bonds. The second kappa shape index (κ2) is 17.5. The third-order valence-electron chi connectivity index (χ3n) is 10.6. The van der Waals surface area contributed by atoms with Crippen LogP contribution in [0.2, 0.25) is 0 Å². The third kappa shape index (κ3) is 10.8. The zero-order valence-electron chi connectivity index (χ0n) is 32.9. The first-order valence-corrected chi connectivity index (χ1v) is 19.4. The van der Waals surface area contributed by atoms with Gasteiger partial charge in [-0.3, -0.25) is 4.79 Å². The number of tetrazole rings is 2. The molecule has 0 radical (unpaired) electrons. The van der Waals surface area contributed by atoms with Crippen molar-refractivity contribution in [3.8, 4) is 22.8 Å². The number of carbonyl (C=O) groups is 1. The van der Waals surface area contributed by atoms with Crippen LogP contribution in [0.5, 0.6) is 0 Å². The van der Waals surface area contributed by atoms with E-state index in [1.54, 1.807) is 4.90 Å². The smallest absolute Gasteiger partial charge is 0.386 e. The Labute approximate surface area is 346 Å². The largest absolute Gasteiger partial charge is 0.416 e. The van der Waals surface area contributed by atoms with Crippen LogP contribution in [0.4, 0.5) is 26.3 Å². The van der Waals surface area contributed by atoms with Gasteiger partial charge in [-0.1, -0.05) is 72.8 Å². The molecular weight excluding hydrogens is 807 g/mol. The molecule has 0 saturated carbocycles. The van der Waals surface area contributed by atoms with Gasteiger partial charge >= 0.3 is 12.4 Å². The van der Waals surface area contributed by atoms with Crippen LogP contribution >= 0.6 is 0 Å². The first-order chi connectivity index (χ1) is 29.0. The normalized spacial score (nSPS) is 19.2. The van der Waals surface area contributed by atoms with Crippen molar-refractivity contribution in [2.45, 2.75) is 69.3 Å². The highest BCUT2D eigenvalue weighted by atomic mass is 19.4. The Morgan fingerprint density at radius 3 is 1.54 bits per heavy atom. The van der Waals surface area contributed by atoms with Crippen LogP contribution in [0.3, 0.4) is 0 Å². The average Bonchev–Trinajstić information content (AvgIpc) is 4.04. The second-order valence-electron chi connectivity index (χ2n) is 15.4. The van der Waals surface area contributed by atoms with Gasteiger partial charge in [-0.05, 0) is 89.2 Å². The van der Waals surface area contributed by atoms with Crippen LogP contribution < -0.4 is 5.32 Å². The van der Waals surface area contributed by atoms with Gasteiger partial charge in [-0.2, -0.15) is 35.9 Å². The third-order valence-corrected chi connectivity index (χ3v) is 10.6. The fourth-order valence-electron chi connectivity index (χ4n) is 7.33. The van der Waals surface area contributed by atoms with Crippen molar-refractivity contribution in [3.63, 3.8) is 0 Å². The number of nitrogens with zero attached hydrogens (tertiary/aromatic N) is 9. The predicted octanol–water partition coefficient (Wildman–Crippen LogP) is 5.61. The number of nitrogens with one attached hydrogen (secondary N) is 1. The highest BCUT2D eigenvalue weighted by molar-refractivity contribution is 5.73. The van der Waals surface area contributed by atoms with E-state index >= 15 is 0 Å². The molecule has 6 aromatic rings. The minimum absolute atomic E-state index is 0.0923. The summed E-state index contributed by atoms with van der Waals surface area (Å²) in [6.45, 7) is 3.72. The summed E-state index contributed by atoms with van der Waals surface area (Å²) >= 11 is 0. The summed E-state index contributed by atoms with van der Waals surface area (Å²) in [7, 11) is 0. The molecule has 2 aromatic heterocycles. The molecule has 8 rings (SSSR count). The number of amides is 1. The molecule has 19 heteroatoms. The van der Waals surface area contributed by atoms with E-state index in [-0.39, 0.29) is 25.5 Å². The van der Waals surface area contributed by atoms with Crippen molar-refractivity contribution in [1.29, 1.82) is 0 Å². The number of likely N-dealkylation sites (tertiary alicyclic amines) is 1. The zero-order chi connectivity index (χ0) is 43.4. The predicted molar refractivity (Wildman–Crippen MR) is 209 cm³/mol. The van der Waals surface area contributed by atoms with Gasteiger partial charge in [0.15, 0.2) is 0 Å². The second-order valence-corrected chi connectivity index (χ2v) is 15.4. The van der Waals surface area contributed by atoms with Crippen LogP contribution in [0, 0.1) is 0 Å². The Morgan fingerprint density at radius 2 is 1.13 bits per heavy atom. The fourth-order valence-corrected chi connectivity index (χ4v) is 7.33. The van der Waals surface area contributed by atoms with Crippen molar-refractivity contribution in [3.05, 3.63) is 130 Å². The molecule has 2 aliphatic heterocycles. The van der Waals surface area contributed by atoms with Gasteiger partial charge in [0.2, 0.25) is 17.6 Å². The topological polar surface area (TPSA) is 160 Å². The van der Waals surface area contributed by atoms with E-state index in [0.29, 0.717) is 56.0 Å². The summed E-state index contributed by atoms with van der Waals surface area (Å²) in [4.78, 5) is 15.8. The van der Waals surface area contributed by atoms with E-state index in [4.69, 9.17) is 0 Å². The minimum Gasteiger partial charge on any atom is -0.386 e. The van der Waals surface area contributed by atoms with Crippen LogP contribution in [-0.2, 0) is 43.1 Å². The maximum absolute atomic E-state index is 12.8. The maximum atomic E-state index is 12.8. The van der Waals surface area contributed by atoms with Crippen LogP contribution in [0.1, 0.15) is 53.1 Å². The van der Waals surface area contributed by atoms with Crippen molar-refractivity contribution < 1.29 is 41.4 Å². The molecule has 3 N–H and O–H groups in total. The Balaban J connectivity index is 0.000000185. The number of aliphatic hydroxyl groups is 2. The molecule has 2 atom stereocenters. The highest BCUT2D eigenvalue weighted by Crippen LogP contribution is 2.32. The number of β-amino-alcohol motifs (C(OH)–C–C–N with tert-alkyl or cyclic N) is 2. The first-order valence-electron chi connectivity index (χ1n) is 19.4. The van der Waals surface area contributed by atoms with Gasteiger partial charge in [0, 0.05) is 31.1 Å². The van der Waals surface area contributed by atoms with Crippen LogP contribution in [-0.4, -0.2) is 98.8 Å². The van der Waals surface area contributed by atoms with Crippen LogP contribution in [0.15, 0.2) is 97.1 Å². The van der Waals surface area contributed by atoms with Crippen molar-refractivity contribution >= 4 is 5.91 Å². The number of alkyl halides is 6. The molecule has 2 aliphatic rings. The lowest BCUT2D eigenvalue weighted by molar-refractivity contribution is -0.138. The molecular formula is C42H42F6N10O3. The van der Waals surface area contributed by atoms with E-state index in [9.17, 15) is 41.4 Å². The molecule has 4 aromatic carbocycles. The summed E-state index contributed by atoms with van der Waals surface area (Å²) in [6.07, 6.45) is -6.83. The van der Waals surface area contributed by atoms with Crippen LogP contribution in [0.25, 0.3) is 22.8 Å². The van der Waals surface area contributed by atoms with Gasteiger partial charge in [0.05, 0.1) is 36.4 Å². The van der Waals surface area contributed by atoms with E-state index in [0.717, 1.165) is 58.6 Å². The summed E-state index contributed by atoms with van der Waals surface area (Å²) < 4.78 is 76.7. The summed E-state index contributed by atoms with van der Waals surface area (Å²) in [5.74, 6) is 0.685. The molecule has 13 nitrogen and oxygen atoms in total. The van der Waals surface area contributed by atoms with Gasteiger partial charge in [0.1, 0.15) is 5.60 Å². The van der Waals surface area contributed by atoms with Gasteiger partial charge < -0.3 is 20.4 Å². The zero-order valence-corrected chi connectivity index (χ0v) is 32.9. The summed E-state index contributed by atoms with van der Waals surface area (Å²) in [5.41, 5.74) is 1.30. The Hall–Kier alpha value is -6.05. The molecule has 0 aliphatic carbocycles. The van der Waals surface area contributed by atoms with E-state index in [1.165, 1.54) is 40.8 Å². The van der Waals surface area contributed by atoms with E-state index in [2.05, 4.69) is 36.1 Å². The summed E-state index contributed by atoms with van der Waals surface area (Å²) in [6, 6.07) is 25.0. The van der Waals surface area contributed by atoms with Gasteiger partial charge in [-0.25, -0.2) is 0 Å². The molecule has 2 unspecified atom stereocenters. The van der Waals surface area contributed by atoms with Crippen molar-refractivity contribution in [1.82, 2.24) is 50.6 Å². The number of benzene rings is 4. The number of rotatable bonds is 10. The number of carbonyl (C=O) groups excluding carboxylic acids is 1. The molecule has 2 saturated heterocycles. The quantitative estimate of drug-likeness (QED) is 0.148. The standard InChI is InChI=1S/C22H22F3N5O2.C20H20F3N5O/c1-15(31)29-11-10-21(32,13-29)14-30-27-20(26-28-30)19-5-3-2-4-17(19)12-16-6-8-18(9-7-16)22(23,24)25;21-20(22,23)16-7-5-14(6-8-16)11-15-3-1-2-4-17(15)18-25-27-28(26-18)13-19(29)9-10-24-12-19/h2-9,32H,10-14H2,1H3;1-8,24,29H,9-13H2. The number of halogens is 6. The lowest BCUT2D eigenvalue weighted by Gasteiger charge is -2.21. The fraction of sp³-hybridized carbons (Fsp3) is 0.357.